The van der Waals surface area contributed by atoms with E-state index >= 15 is 0 Å². The number of aliphatic hydroxyl groups is 2. The molecule has 0 aromatic heterocycles. The maximum Gasteiger partial charge on any atom is 0.146 e. The third-order valence-corrected chi connectivity index (χ3v) is 2.13. The molecule has 0 rings (SSSR count). The molecule has 0 spiro atoms. The lowest BCUT2D eigenvalue weighted by Gasteiger charge is -2.08. The Morgan fingerprint density at radius 1 is 0.381 bits per heavy atom. The number of aliphatic hydroxyl groups excluding tert-OH is 2. The molecular formula is C13H28O8. The number of hydrogen-bond donors (Lipinski definition) is 2. The van der Waals surface area contributed by atoms with Crippen LogP contribution in [0.3, 0.4) is 0 Å². The number of hydrogen-bond acceptors (Lipinski definition) is 8. The molecule has 8 heteroatoms. The second-order valence-corrected chi connectivity index (χ2v) is 3.83. The van der Waals surface area contributed by atoms with Crippen LogP contribution in [0.2, 0.25) is 0 Å². The fraction of sp³-hybridized carbons (Fsp3) is 1.00. The van der Waals surface area contributed by atoms with Gasteiger partial charge in [0.25, 0.3) is 0 Å². The van der Waals surface area contributed by atoms with Crippen LogP contribution in [0.15, 0.2) is 0 Å². The lowest BCUT2D eigenvalue weighted by atomic mass is 10.7. The van der Waals surface area contributed by atoms with Crippen LogP contribution < -0.4 is 0 Å². The highest BCUT2D eigenvalue weighted by Crippen LogP contribution is 1.84. The minimum atomic E-state index is 0.0276. The van der Waals surface area contributed by atoms with Gasteiger partial charge in [0.2, 0.25) is 0 Å². The quantitative estimate of drug-likeness (QED) is 0.246. The molecule has 0 aromatic rings. The average Bonchev–Trinajstić information content (AvgIpc) is 2.50. The smallest absolute Gasteiger partial charge is 0.146 e. The van der Waals surface area contributed by atoms with Crippen LogP contribution in [0.5, 0.6) is 0 Å². The first-order valence-electron chi connectivity index (χ1n) is 7.10. The van der Waals surface area contributed by atoms with Gasteiger partial charge in [-0.2, -0.15) is 0 Å². The lowest BCUT2D eigenvalue weighted by molar-refractivity contribution is -0.0859. The van der Waals surface area contributed by atoms with Crippen LogP contribution >= 0.6 is 0 Å². The molecule has 0 saturated carbocycles. The minimum Gasteiger partial charge on any atom is -0.394 e. The van der Waals surface area contributed by atoms with Crippen molar-refractivity contribution in [1.82, 2.24) is 0 Å². The topological polar surface area (TPSA) is 95.8 Å². The Balaban J connectivity index is 2.90. The van der Waals surface area contributed by atoms with Crippen LogP contribution in [0.4, 0.5) is 0 Å². The summed E-state index contributed by atoms with van der Waals surface area (Å²) < 4.78 is 30.9. The molecule has 0 radical (unpaired) electrons. The van der Waals surface area contributed by atoms with Gasteiger partial charge in [-0.05, 0) is 0 Å². The molecule has 0 aliphatic heterocycles. The zero-order valence-electron chi connectivity index (χ0n) is 12.5. The second-order valence-electron chi connectivity index (χ2n) is 3.83. The maximum atomic E-state index is 8.47. The lowest BCUT2D eigenvalue weighted by Crippen LogP contribution is -2.14. The molecule has 0 unspecified atom stereocenters. The molecule has 0 atom stereocenters. The van der Waals surface area contributed by atoms with Crippen LogP contribution in [-0.4, -0.2) is 96.3 Å². The van der Waals surface area contributed by atoms with E-state index in [9.17, 15) is 0 Å². The summed E-state index contributed by atoms with van der Waals surface area (Å²) in [6.07, 6.45) is 0. The van der Waals surface area contributed by atoms with E-state index in [0.717, 1.165) is 0 Å². The highest BCUT2D eigenvalue weighted by atomic mass is 16.7. The van der Waals surface area contributed by atoms with Crippen LogP contribution in [0.25, 0.3) is 0 Å². The molecule has 0 saturated heterocycles. The molecule has 0 fully saturated rings. The first-order chi connectivity index (χ1) is 10.4. The van der Waals surface area contributed by atoms with Gasteiger partial charge in [-0.1, -0.05) is 0 Å². The molecule has 21 heavy (non-hydrogen) atoms. The van der Waals surface area contributed by atoms with Crippen LogP contribution in [-0.2, 0) is 28.4 Å². The SMILES string of the molecule is OCCOCCOCCOCOCCOCCOCCO. The molecule has 0 amide bonds. The Bertz CT molecular complexity index is 164. The standard InChI is InChI=1S/C13H28O8/c14-1-3-16-5-7-18-9-11-20-13-21-12-10-19-8-6-17-4-2-15/h14-15H,1-13H2. The maximum absolute atomic E-state index is 8.47. The summed E-state index contributed by atoms with van der Waals surface area (Å²) in [5.74, 6) is 0. The molecule has 0 heterocycles. The third kappa shape index (κ3) is 19.7. The molecule has 0 aromatic carbocycles. The number of rotatable bonds is 18. The fourth-order valence-corrected chi connectivity index (χ4v) is 1.19. The van der Waals surface area contributed by atoms with Crippen molar-refractivity contribution in [3.8, 4) is 0 Å². The first kappa shape index (κ1) is 20.7. The van der Waals surface area contributed by atoms with Crippen molar-refractivity contribution >= 4 is 0 Å². The normalized spacial score (nSPS) is 11.1. The zero-order chi connectivity index (χ0) is 15.4. The summed E-state index contributed by atoms with van der Waals surface area (Å²) >= 11 is 0. The minimum absolute atomic E-state index is 0.0276. The van der Waals surface area contributed by atoms with Gasteiger partial charge >= 0.3 is 0 Å². The van der Waals surface area contributed by atoms with E-state index in [-0.39, 0.29) is 20.0 Å². The highest BCUT2D eigenvalue weighted by Gasteiger charge is 1.93. The summed E-state index contributed by atoms with van der Waals surface area (Å²) in [5, 5.41) is 16.9. The van der Waals surface area contributed by atoms with Gasteiger partial charge in [-0.25, -0.2) is 0 Å². The van der Waals surface area contributed by atoms with E-state index in [4.69, 9.17) is 38.6 Å². The molecule has 2 N–H and O–H groups in total. The van der Waals surface area contributed by atoms with Gasteiger partial charge in [0.15, 0.2) is 0 Å². The third-order valence-electron chi connectivity index (χ3n) is 2.13. The van der Waals surface area contributed by atoms with E-state index < -0.39 is 0 Å². The predicted octanol–water partition coefficient (Wildman–Crippen LogP) is -0.972. The second kappa shape index (κ2) is 19.7. The van der Waals surface area contributed by atoms with E-state index in [1.165, 1.54) is 0 Å². The molecule has 0 bridgehead atoms. The van der Waals surface area contributed by atoms with Crippen molar-refractivity contribution < 1.29 is 38.6 Å². The molecule has 128 valence electrons. The molecule has 0 aliphatic rings. The van der Waals surface area contributed by atoms with Crippen molar-refractivity contribution in [2.45, 2.75) is 0 Å². The summed E-state index contributed by atoms with van der Waals surface area (Å²) in [6, 6.07) is 0. The van der Waals surface area contributed by atoms with Crippen molar-refractivity contribution in [3.05, 3.63) is 0 Å². The highest BCUT2D eigenvalue weighted by molar-refractivity contribution is 4.33. The Kier molecular flexibility index (Phi) is 19.4. The monoisotopic (exact) mass is 312 g/mol. The van der Waals surface area contributed by atoms with Gasteiger partial charge in [0.1, 0.15) is 6.79 Å². The Hall–Kier alpha value is -0.320. The van der Waals surface area contributed by atoms with Crippen molar-refractivity contribution in [3.63, 3.8) is 0 Å². The summed E-state index contributed by atoms with van der Waals surface area (Å²) in [4.78, 5) is 0. The Morgan fingerprint density at radius 2 is 0.667 bits per heavy atom. The van der Waals surface area contributed by atoms with E-state index in [2.05, 4.69) is 0 Å². The summed E-state index contributed by atoms with van der Waals surface area (Å²) in [6.45, 7) is 4.70. The Labute approximate surface area is 125 Å². The van der Waals surface area contributed by atoms with Gasteiger partial charge in [-0.3, -0.25) is 0 Å². The molecular weight excluding hydrogens is 284 g/mol. The van der Waals surface area contributed by atoms with Gasteiger partial charge in [0.05, 0.1) is 79.3 Å². The number of ether oxygens (including phenoxy) is 6. The van der Waals surface area contributed by atoms with E-state index in [1.807, 2.05) is 0 Å². The van der Waals surface area contributed by atoms with Crippen molar-refractivity contribution in [2.24, 2.45) is 0 Å². The predicted molar refractivity (Wildman–Crippen MR) is 74.2 cm³/mol. The van der Waals surface area contributed by atoms with Crippen molar-refractivity contribution in [2.75, 3.05) is 86.1 Å². The molecule has 0 aliphatic carbocycles. The first-order valence-corrected chi connectivity index (χ1v) is 7.10. The fourth-order valence-electron chi connectivity index (χ4n) is 1.19. The van der Waals surface area contributed by atoms with Gasteiger partial charge in [-0.15, -0.1) is 0 Å². The summed E-state index contributed by atoms with van der Waals surface area (Å²) in [5.41, 5.74) is 0. The van der Waals surface area contributed by atoms with Gasteiger partial charge in [0, 0.05) is 0 Å². The van der Waals surface area contributed by atoms with Crippen LogP contribution in [0, 0.1) is 0 Å². The average molecular weight is 312 g/mol. The van der Waals surface area contributed by atoms with Gasteiger partial charge < -0.3 is 38.6 Å². The Morgan fingerprint density at radius 3 is 1.00 bits per heavy atom. The van der Waals surface area contributed by atoms with E-state index in [0.29, 0.717) is 66.1 Å². The molecule has 8 nitrogen and oxygen atoms in total. The largest absolute Gasteiger partial charge is 0.394 e. The van der Waals surface area contributed by atoms with Crippen LogP contribution in [0.1, 0.15) is 0 Å². The summed E-state index contributed by atoms with van der Waals surface area (Å²) in [7, 11) is 0. The van der Waals surface area contributed by atoms with Crippen molar-refractivity contribution in [1.29, 1.82) is 0 Å². The van der Waals surface area contributed by atoms with E-state index in [1.54, 1.807) is 0 Å². The zero-order valence-corrected chi connectivity index (χ0v) is 12.5.